The second-order valence-corrected chi connectivity index (χ2v) is 22.2. The largest absolute Gasteiger partial charge is 0.459 e. The van der Waals surface area contributed by atoms with Crippen LogP contribution in [0.1, 0.15) is 193 Å². The van der Waals surface area contributed by atoms with E-state index in [-0.39, 0.29) is 46.9 Å². The molecule has 0 bridgehead atoms. The summed E-state index contributed by atoms with van der Waals surface area (Å²) >= 11 is 0. The van der Waals surface area contributed by atoms with Gasteiger partial charge in [0.05, 0.1) is 16.7 Å². The molecular formula is C54H85N3O6. The summed E-state index contributed by atoms with van der Waals surface area (Å²) in [6.45, 7) is 36.7. The third-order valence-electron chi connectivity index (χ3n) is 14.7. The van der Waals surface area contributed by atoms with Crippen LogP contribution in [0.3, 0.4) is 0 Å². The predicted octanol–water partition coefficient (Wildman–Crippen LogP) is 11.9. The number of esters is 3. The van der Waals surface area contributed by atoms with E-state index in [1.165, 1.54) is 0 Å². The maximum atomic E-state index is 14.6. The Hall–Kier alpha value is -3.27. The molecule has 0 aliphatic carbocycles. The summed E-state index contributed by atoms with van der Waals surface area (Å²) in [6, 6.07) is 13.4. The number of hydrogen-bond acceptors (Lipinski definition) is 9. The molecule has 9 nitrogen and oxygen atoms in total. The van der Waals surface area contributed by atoms with E-state index in [1.807, 2.05) is 18.2 Å². The highest BCUT2D eigenvalue weighted by Gasteiger charge is 2.45. The van der Waals surface area contributed by atoms with Crippen LogP contribution >= 0.6 is 0 Å². The Labute approximate surface area is 382 Å². The lowest BCUT2D eigenvalue weighted by Gasteiger charge is -2.51. The minimum absolute atomic E-state index is 0.0844. The first-order valence-corrected chi connectivity index (χ1v) is 24.7. The fourth-order valence-corrected chi connectivity index (χ4v) is 11.6. The SMILES string of the molecule is CCCN1C(C(C)C)CC(OC(=O)c2ccc(-c3ccc(C(=O)OC4CC(C(C)C)N(CCC)C(C)(C)C4)cc3C(=O)OC3CC(C(C)C)N(CCC)C(C)(C)C3)cc2)CC1(C)C. The van der Waals surface area contributed by atoms with Crippen molar-refractivity contribution in [3.05, 3.63) is 59.2 Å². The van der Waals surface area contributed by atoms with Gasteiger partial charge in [-0.3, -0.25) is 14.7 Å². The number of benzene rings is 2. The minimum atomic E-state index is -0.457. The van der Waals surface area contributed by atoms with Crippen LogP contribution in [0, 0.1) is 17.8 Å². The van der Waals surface area contributed by atoms with Gasteiger partial charge in [-0.25, -0.2) is 14.4 Å². The fraction of sp³-hybridized carbons (Fsp3) is 0.722. The average Bonchev–Trinajstić information content (AvgIpc) is 3.19. The highest BCUT2D eigenvalue weighted by molar-refractivity contribution is 6.01. The van der Waals surface area contributed by atoms with Crippen LogP contribution < -0.4 is 0 Å². The Bertz CT molecular complexity index is 1850. The van der Waals surface area contributed by atoms with Crippen LogP contribution in [-0.4, -0.2) is 105 Å². The molecule has 0 N–H and O–H groups in total. The zero-order valence-corrected chi connectivity index (χ0v) is 42.0. The van der Waals surface area contributed by atoms with Gasteiger partial charge < -0.3 is 14.2 Å². The number of likely N-dealkylation sites (tertiary alicyclic amines) is 3. The second-order valence-electron chi connectivity index (χ2n) is 22.2. The Morgan fingerprint density at radius 3 is 1.21 bits per heavy atom. The number of carbonyl (C=O) groups excluding carboxylic acids is 3. The van der Waals surface area contributed by atoms with Gasteiger partial charge in [-0.15, -0.1) is 0 Å². The zero-order chi connectivity index (χ0) is 46.6. The third-order valence-corrected chi connectivity index (χ3v) is 14.7. The highest BCUT2D eigenvalue weighted by Crippen LogP contribution is 2.40. The molecular weight excluding hydrogens is 787 g/mol. The number of carbonyl (C=O) groups is 3. The fourth-order valence-electron chi connectivity index (χ4n) is 11.6. The monoisotopic (exact) mass is 872 g/mol. The second kappa shape index (κ2) is 20.9. The molecule has 3 fully saturated rings. The number of nitrogens with zero attached hydrogens (tertiary/aromatic N) is 3. The molecule has 9 heteroatoms. The molecule has 0 aromatic heterocycles. The molecule has 6 unspecified atom stereocenters. The molecule has 0 amide bonds. The van der Waals surface area contributed by atoms with Gasteiger partial charge in [-0.05, 0) is 134 Å². The topological polar surface area (TPSA) is 88.6 Å². The summed E-state index contributed by atoms with van der Waals surface area (Å²) in [5, 5.41) is 0. The lowest BCUT2D eigenvalue weighted by atomic mass is 9.80. The number of piperidine rings is 3. The standard InChI is InChI=1S/C54H85N3O6/c1-16-25-55-46(35(4)5)29-41(32-52(55,10)11)61-49(58)39-21-19-38(20-22-39)44-24-23-40(50(59)62-42-30-47(36(6)7)56(26-17-2)53(12,13)33-42)28-45(44)51(60)63-43-31-48(37(8)9)57(27-18-3)54(14,15)34-43/h19-24,28,35-37,41-43,46-48H,16-18,25-27,29-34H2,1-15H3. The van der Waals surface area contributed by atoms with E-state index < -0.39 is 11.9 Å². The van der Waals surface area contributed by atoms with Crippen molar-refractivity contribution in [2.24, 2.45) is 17.8 Å². The van der Waals surface area contributed by atoms with Crippen molar-refractivity contribution in [3.8, 4) is 11.1 Å². The molecule has 6 atom stereocenters. The molecule has 352 valence electrons. The summed E-state index contributed by atoms with van der Waals surface area (Å²) in [5.74, 6) is 0.0116. The van der Waals surface area contributed by atoms with Crippen LogP contribution in [-0.2, 0) is 14.2 Å². The van der Waals surface area contributed by atoms with Gasteiger partial charge >= 0.3 is 17.9 Å². The van der Waals surface area contributed by atoms with Crippen molar-refractivity contribution in [1.82, 2.24) is 14.7 Å². The van der Waals surface area contributed by atoms with E-state index in [0.717, 1.165) is 76.6 Å². The average molecular weight is 872 g/mol. The van der Waals surface area contributed by atoms with Crippen molar-refractivity contribution in [2.45, 2.75) is 215 Å². The molecule has 2 aromatic rings. The van der Waals surface area contributed by atoms with E-state index in [2.05, 4.69) is 119 Å². The Morgan fingerprint density at radius 1 is 0.524 bits per heavy atom. The molecule has 3 saturated heterocycles. The molecule has 5 rings (SSSR count). The van der Waals surface area contributed by atoms with Crippen LogP contribution in [0.5, 0.6) is 0 Å². The lowest BCUT2D eigenvalue weighted by molar-refractivity contribution is -0.0665. The van der Waals surface area contributed by atoms with E-state index in [4.69, 9.17) is 14.2 Å². The zero-order valence-electron chi connectivity index (χ0n) is 42.0. The smallest absolute Gasteiger partial charge is 0.339 e. The van der Waals surface area contributed by atoms with Crippen molar-refractivity contribution < 1.29 is 28.6 Å². The van der Waals surface area contributed by atoms with Crippen molar-refractivity contribution in [2.75, 3.05) is 19.6 Å². The molecule has 3 heterocycles. The van der Waals surface area contributed by atoms with E-state index in [1.54, 1.807) is 24.3 Å². The Balaban J connectivity index is 1.42. The Kier molecular flexibility index (Phi) is 16.8. The van der Waals surface area contributed by atoms with E-state index >= 15 is 0 Å². The lowest BCUT2D eigenvalue weighted by Crippen LogP contribution is -2.59. The molecule has 0 spiro atoms. The first kappa shape index (κ1) is 50.7. The molecule has 2 aromatic carbocycles. The van der Waals surface area contributed by atoms with Crippen LogP contribution in [0.4, 0.5) is 0 Å². The Morgan fingerprint density at radius 2 is 0.857 bits per heavy atom. The number of rotatable bonds is 16. The summed E-state index contributed by atoms with van der Waals surface area (Å²) in [4.78, 5) is 50.2. The molecule has 0 saturated carbocycles. The van der Waals surface area contributed by atoms with Gasteiger partial charge in [0.15, 0.2) is 0 Å². The first-order valence-electron chi connectivity index (χ1n) is 24.7. The van der Waals surface area contributed by atoms with Crippen LogP contribution in [0.15, 0.2) is 42.5 Å². The van der Waals surface area contributed by atoms with Crippen molar-refractivity contribution >= 4 is 17.9 Å². The quantitative estimate of drug-likeness (QED) is 0.121. The van der Waals surface area contributed by atoms with Gasteiger partial charge in [-0.1, -0.05) is 80.5 Å². The maximum absolute atomic E-state index is 14.6. The van der Waals surface area contributed by atoms with Gasteiger partial charge in [-0.2, -0.15) is 0 Å². The number of hydrogen-bond donors (Lipinski definition) is 0. The summed E-state index contributed by atoms with van der Waals surface area (Å²) in [7, 11) is 0. The van der Waals surface area contributed by atoms with Crippen molar-refractivity contribution in [3.63, 3.8) is 0 Å². The molecule has 3 aliphatic rings. The third kappa shape index (κ3) is 12.0. The summed E-state index contributed by atoms with van der Waals surface area (Å²) in [5.41, 5.74) is 2.12. The van der Waals surface area contributed by atoms with Gasteiger partial charge in [0, 0.05) is 73.3 Å². The molecule has 3 aliphatic heterocycles. The van der Waals surface area contributed by atoms with Gasteiger partial charge in [0.25, 0.3) is 0 Å². The normalized spacial score (nSPS) is 26.5. The first-order chi connectivity index (χ1) is 29.5. The number of ether oxygens (including phenoxy) is 3. The van der Waals surface area contributed by atoms with Crippen molar-refractivity contribution in [1.29, 1.82) is 0 Å². The highest BCUT2D eigenvalue weighted by atomic mass is 16.6. The van der Waals surface area contributed by atoms with E-state index in [9.17, 15) is 14.4 Å². The van der Waals surface area contributed by atoms with Crippen LogP contribution in [0.2, 0.25) is 0 Å². The van der Waals surface area contributed by atoms with E-state index in [0.29, 0.717) is 58.5 Å². The summed E-state index contributed by atoms with van der Waals surface area (Å²) in [6.07, 6.45) is 7.06. The minimum Gasteiger partial charge on any atom is -0.459 e. The molecule has 63 heavy (non-hydrogen) atoms. The van der Waals surface area contributed by atoms with Crippen LogP contribution in [0.25, 0.3) is 11.1 Å². The molecule has 0 radical (unpaired) electrons. The maximum Gasteiger partial charge on any atom is 0.339 e. The summed E-state index contributed by atoms with van der Waals surface area (Å²) < 4.78 is 19.0. The predicted molar refractivity (Wildman–Crippen MR) is 256 cm³/mol. The van der Waals surface area contributed by atoms with Gasteiger partial charge in [0.2, 0.25) is 0 Å². The van der Waals surface area contributed by atoms with Gasteiger partial charge in [0.1, 0.15) is 18.3 Å².